The third kappa shape index (κ3) is 4.81. The van der Waals surface area contributed by atoms with E-state index in [4.69, 9.17) is 11.2 Å². The molecule has 0 aliphatic carbocycles. The lowest BCUT2D eigenvalue weighted by Crippen LogP contribution is -2.15. The van der Waals surface area contributed by atoms with Gasteiger partial charge < -0.3 is 10.1 Å². The van der Waals surface area contributed by atoms with Crippen molar-refractivity contribution in [1.82, 2.24) is 10.3 Å². The molecule has 0 unspecified atom stereocenters. The topological polar surface area (TPSA) is 34.1 Å². The van der Waals surface area contributed by atoms with Gasteiger partial charge in [-0.15, -0.1) is 12.3 Å². The van der Waals surface area contributed by atoms with Crippen LogP contribution in [0.1, 0.15) is 25.0 Å². The second-order valence-corrected chi connectivity index (χ2v) is 3.51. The lowest BCUT2D eigenvalue weighted by atomic mass is 10.2. The Morgan fingerprint density at radius 2 is 2.31 bits per heavy atom. The molecular formula is C13H18N2O. The number of methoxy groups -OCH3 is 1. The molecule has 0 atom stereocenters. The highest BCUT2D eigenvalue weighted by Gasteiger charge is 1.96. The molecule has 3 heteroatoms. The minimum Gasteiger partial charge on any atom is -0.481 e. The predicted octanol–water partition coefficient (Wildman–Crippen LogP) is 1.98. The van der Waals surface area contributed by atoms with E-state index in [-0.39, 0.29) is 0 Å². The smallest absolute Gasteiger partial charge is 0.213 e. The molecule has 0 saturated heterocycles. The van der Waals surface area contributed by atoms with Gasteiger partial charge in [-0.25, -0.2) is 4.98 Å². The molecule has 16 heavy (non-hydrogen) atoms. The van der Waals surface area contributed by atoms with E-state index in [1.54, 1.807) is 7.11 Å². The van der Waals surface area contributed by atoms with Gasteiger partial charge in [0.25, 0.3) is 0 Å². The van der Waals surface area contributed by atoms with Gasteiger partial charge in [0, 0.05) is 19.0 Å². The Hall–Kier alpha value is -1.53. The summed E-state index contributed by atoms with van der Waals surface area (Å²) in [7, 11) is 1.62. The van der Waals surface area contributed by atoms with E-state index in [2.05, 4.69) is 16.2 Å². The van der Waals surface area contributed by atoms with Crippen LogP contribution < -0.4 is 10.1 Å². The first-order valence-corrected chi connectivity index (χ1v) is 5.51. The zero-order chi connectivity index (χ0) is 11.6. The van der Waals surface area contributed by atoms with Crippen LogP contribution in [-0.4, -0.2) is 18.6 Å². The van der Waals surface area contributed by atoms with Crippen LogP contribution in [0.15, 0.2) is 18.2 Å². The Morgan fingerprint density at radius 3 is 3.06 bits per heavy atom. The van der Waals surface area contributed by atoms with Gasteiger partial charge in [0.05, 0.1) is 12.8 Å². The molecule has 0 fully saturated rings. The molecule has 0 aliphatic rings. The highest BCUT2D eigenvalue weighted by atomic mass is 16.5. The molecule has 0 aliphatic heterocycles. The summed E-state index contributed by atoms with van der Waals surface area (Å²) >= 11 is 0. The number of hydrogen-bond donors (Lipinski definition) is 1. The molecule has 0 radical (unpaired) electrons. The zero-order valence-corrected chi connectivity index (χ0v) is 9.70. The number of nitrogens with one attached hydrogen (secondary N) is 1. The summed E-state index contributed by atoms with van der Waals surface area (Å²) in [6.45, 7) is 1.74. The number of pyridine rings is 1. The number of ether oxygens (including phenoxy) is 1. The first-order valence-electron chi connectivity index (χ1n) is 5.51. The first kappa shape index (κ1) is 12.5. The van der Waals surface area contributed by atoms with Crippen LogP contribution in [0, 0.1) is 12.3 Å². The molecule has 1 rings (SSSR count). The summed E-state index contributed by atoms with van der Waals surface area (Å²) in [6, 6.07) is 5.77. The van der Waals surface area contributed by atoms with Gasteiger partial charge in [0.1, 0.15) is 0 Å². The first-order chi connectivity index (χ1) is 7.86. The predicted molar refractivity (Wildman–Crippen MR) is 65.2 cm³/mol. The van der Waals surface area contributed by atoms with E-state index in [1.165, 1.54) is 0 Å². The molecular weight excluding hydrogens is 200 g/mol. The molecule has 0 saturated carbocycles. The quantitative estimate of drug-likeness (QED) is 0.561. The van der Waals surface area contributed by atoms with E-state index in [9.17, 15) is 0 Å². The Labute approximate surface area is 97.2 Å². The Morgan fingerprint density at radius 1 is 1.44 bits per heavy atom. The van der Waals surface area contributed by atoms with Crippen LogP contribution in [0.4, 0.5) is 0 Å². The summed E-state index contributed by atoms with van der Waals surface area (Å²) in [4.78, 5) is 4.31. The fourth-order valence-corrected chi connectivity index (χ4v) is 1.36. The van der Waals surface area contributed by atoms with Gasteiger partial charge in [-0.3, -0.25) is 0 Å². The fourth-order valence-electron chi connectivity index (χ4n) is 1.36. The Balaban J connectivity index is 2.19. The molecule has 1 aromatic rings. The summed E-state index contributed by atoms with van der Waals surface area (Å²) in [5, 5.41) is 3.33. The van der Waals surface area contributed by atoms with E-state index in [0.29, 0.717) is 5.88 Å². The van der Waals surface area contributed by atoms with E-state index < -0.39 is 0 Å². The van der Waals surface area contributed by atoms with Crippen LogP contribution in [0.2, 0.25) is 0 Å². The molecule has 1 heterocycles. The molecule has 0 amide bonds. The highest BCUT2D eigenvalue weighted by Crippen LogP contribution is 2.06. The van der Waals surface area contributed by atoms with Crippen LogP contribution in [-0.2, 0) is 6.54 Å². The van der Waals surface area contributed by atoms with Gasteiger partial charge in [-0.05, 0) is 25.5 Å². The summed E-state index contributed by atoms with van der Waals surface area (Å²) in [6.07, 6.45) is 8.22. The van der Waals surface area contributed by atoms with Crippen molar-refractivity contribution in [2.75, 3.05) is 13.7 Å². The average Bonchev–Trinajstić information content (AvgIpc) is 2.34. The van der Waals surface area contributed by atoms with Gasteiger partial charge in [-0.1, -0.05) is 6.07 Å². The standard InChI is InChI=1S/C13H18N2O/c1-3-4-5-6-10-14-11-12-8-7-9-13(15-12)16-2/h1,7-9,14H,4-6,10-11H2,2H3. The molecule has 0 bridgehead atoms. The van der Waals surface area contributed by atoms with E-state index in [0.717, 1.165) is 38.0 Å². The van der Waals surface area contributed by atoms with Crippen molar-refractivity contribution < 1.29 is 4.74 Å². The largest absolute Gasteiger partial charge is 0.481 e. The number of nitrogens with zero attached hydrogens (tertiary/aromatic N) is 1. The molecule has 0 aromatic carbocycles. The second-order valence-electron chi connectivity index (χ2n) is 3.51. The molecule has 1 N–H and O–H groups in total. The fraction of sp³-hybridized carbons (Fsp3) is 0.462. The third-order valence-corrected chi connectivity index (χ3v) is 2.22. The number of rotatable bonds is 7. The molecule has 0 spiro atoms. The third-order valence-electron chi connectivity index (χ3n) is 2.22. The lowest BCUT2D eigenvalue weighted by molar-refractivity contribution is 0.395. The number of aromatic nitrogens is 1. The molecule has 1 aromatic heterocycles. The van der Waals surface area contributed by atoms with Crippen molar-refractivity contribution in [3.05, 3.63) is 23.9 Å². The van der Waals surface area contributed by atoms with Crippen LogP contribution >= 0.6 is 0 Å². The van der Waals surface area contributed by atoms with Gasteiger partial charge in [0.2, 0.25) is 5.88 Å². The van der Waals surface area contributed by atoms with Gasteiger partial charge in [-0.2, -0.15) is 0 Å². The maximum absolute atomic E-state index is 5.17. The summed E-state index contributed by atoms with van der Waals surface area (Å²) < 4.78 is 5.05. The van der Waals surface area contributed by atoms with E-state index in [1.807, 2.05) is 18.2 Å². The molecule has 86 valence electrons. The highest BCUT2D eigenvalue weighted by molar-refractivity contribution is 5.15. The number of hydrogen-bond acceptors (Lipinski definition) is 3. The maximum atomic E-state index is 5.17. The minimum atomic E-state index is 0.659. The van der Waals surface area contributed by atoms with Crippen molar-refractivity contribution in [3.8, 4) is 18.2 Å². The monoisotopic (exact) mass is 218 g/mol. The maximum Gasteiger partial charge on any atom is 0.213 e. The van der Waals surface area contributed by atoms with Crippen molar-refractivity contribution >= 4 is 0 Å². The minimum absolute atomic E-state index is 0.659. The molecule has 3 nitrogen and oxygen atoms in total. The van der Waals surface area contributed by atoms with Gasteiger partial charge >= 0.3 is 0 Å². The lowest BCUT2D eigenvalue weighted by Gasteiger charge is -2.05. The Bertz CT molecular complexity index is 344. The Kier molecular flexibility index (Phi) is 6.05. The van der Waals surface area contributed by atoms with Crippen molar-refractivity contribution in [2.24, 2.45) is 0 Å². The normalized spacial score (nSPS) is 9.75. The SMILES string of the molecule is C#CCCCCNCc1cccc(OC)n1. The summed E-state index contributed by atoms with van der Waals surface area (Å²) in [5.41, 5.74) is 0.997. The van der Waals surface area contributed by atoms with Crippen LogP contribution in [0.25, 0.3) is 0 Å². The van der Waals surface area contributed by atoms with Crippen molar-refractivity contribution in [3.63, 3.8) is 0 Å². The van der Waals surface area contributed by atoms with Crippen LogP contribution in [0.3, 0.4) is 0 Å². The van der Waals surface area contributed by atoms with E-state index >= 15 is 0 Å². The van der Waals surface area contributed by atoms with Crippen LogP contribution in [0.5, 0.6) is 5.88 Å². The summed E-state index contributed by atoms with van der Waals surface area (Å²) in [5.74, 6) is 3.29. The second kappa shape index (κ2) is 7.72. The van der Waals surface area contributed by atoms with Crippen molar-refractivity contribution in [2.45, 2.75) is 25.8 Å². The number of unbranched alkanes of at least 4 members (excludes halogenated alkanes) is 2. The average molecular weight is 218 g/mol. The van der Waals surface area contributed by atoms with Gasteiger partial charge in [0.15, 0.2) is 0 Å². The number of terminal acetylenes is 1. The zero-order valence-electron chi connectivity index (χ0n) is 9.70. The van der Waals surface area contributed by atoms with Crippen molar-refractivity contribution in [1.29, 1.82) is 0 Å².